The third-order valence-corrected chi connectivity index (χ3v) is 3.39. The summed E-state index contributed by atoms with van der Waals surface area (Å²) >= 11 is 0. The summed E-state index contributed by atoms with van der Waals surface area (Å²) in [5, 5.41) is 0. The molecule has 0 aromatic heterocycles. The first-order valence-corrected chi connectivity index (χ1v) is 6.63. The molecule has 2 aromatic carbocycles. The molecule has 2 aromatic rings. The van der Waals surface area contributed by atoms with E-state index in [0.717, 1.165) is 17.7 Å². The Bertz CT molecular complexity index is 630. The Hall–Kier alpha value is -2.10. The molecule has 0 spiro atoms. The zero-order chi connectivity index (χ0) is 15.5. The minimum absolute atomic E-state index is 0.00472. The number of aryl methyl sites for hydroxylation is 2. The first-order valence-electron chi connectivity index (χ1n) is 6.63. The zero-order valence-corrected chi connectivity index (χ0v) is 11.6. The molecule has 0 N–H and O–H groups in total. The maximum Gasteiger partial charge on any atom is 0.416 e. The molecule has 2 rings (SSSR count). The van der Waals surface area contributed by atoms with Gasteiger partial charge in [-0.2, -0.15) is 13.2 Å². The van der Waals surface area contributed by atoms with Gasteiger partial charge in [0.05, 0.1) is 5.56 Å². The van der Waals surface area contributed by atoms with Crippen molar-refractivity contribution in [1.82, 2.24) is 0 Å². The highest BCUT2D eigenvalue weighted by Gasteiger charge is 2.30. The Morgan fingerprint density at radius 1 is 1.05 bits per heavy atom. The van der Waals surface area contributed by atoms with Gasteiger partial charge in [0.25, 0.3) is 0 Å². The largest absolute Gasteiger partial charge is 0.416 e. The number of ketones is 1. The van der Waals surface area contributed by atoms with Crippen molar-refractivity contribution in [2.75, 3.05) is 0 Å². The lowest BCUT2D eigenvalue weighted by molar-refractivity contribution is -0.137. The molecule has 0 heterocycles. The topological polar surface area (TPSA) is 17.1 Å². The molecule has 0 aliphatic carbocycles. The fourth-order valence-corrected chi connectivity index (χ4v) is 2.17. The van der Waals surface area contributed by atoms with Gasteiger partial charge in [0.2, 0.25) is 0 Å². The van der Waals surface area contributed by atoms with Crippen molar-refractivity contribution >= 4 is 5.78 Å². The molecule has 0 saturated carbocycles. The summed E-state index contributed by atoms with van der Waals surface area (Å²) in [7, 11) is 0. The van der Waals surface area contributed by atoms with Gasteiger partial charge in [-0.15, -0.1) is 0 Å². The highest BCUT2D eigenvalue weighted by molar-refractivity contribution is 5.96. The number of Topliss-reactive ketones (excluding diaryl/α,β-unsaturated/α-hetero) is 1. The SMILES string of the molecule is Cc1cc(C(F)(F)F)ccc1CCC(=O)c1ccccc1. The molecule has 0 bridgehead atoms. The highest BCUT2D eigenvalue weighted by atomic mass is 19.4. The van der Waals surface area contributed by atoms with Crippen LogP contribution < -0.4 is 0 Å². The number of alkyl halides is 3. The number of carbonyl (C=O) groups excluding carboxylic acids is 1. The summed E-state index contributed by atoms with van der Waals surface area (Å²) in [6.45, 7) is 1.64. The van der Waals surface area contributed by atoms with E-state index in [4.69, 9.17) is 0 Å². The van der Waals surface area contributed by atoms with Gasteiger partial charge in [0.1, 0.15) is 0 Å². The Kier molecular flexibility index (Phi) is 4.46. The summed E-state index contributed by atoms with van der Waals surface area (Å²) in [5.74, 6) is -0.00472. The molecular weight excluding hydrogens is 277 g/mol. The van der Waals surface area contributed by atoms with E-state index in [1.165, 1.54) is 6.07 Å². The molecule has 0 aliphatic heterocycles. The molecule has 0 radical (unpaired) electrons. The lowest BCUT2D eigenvalue weighted by Crippen LogP contribution is -2.07. The van der Waals surface area contributed by atoms with Gasteiger partial charge in [-0.1, -0.05) is 36.4 Å². The lowest BCUT2D eigenvalue weighted by atomic mass is 9.98. The Morgan fingerprint density at radius 3 is 2.29 bits per heavy atom. The number of hydrogen-bond acceptors (Lipinski definition) is 1. The van der Waals surface area contributed by atoms with Gasteiger partial charge >= 0.3 is 6.18 Å². The van der Waals surface area contributed by atoms with Crippen molar-refractivity contribution in [3.05, 3.63) is 70.8 Å². The van der Waals surface area contributed by atoms with Crippen LogP contribution in [-0.4, -0.2) is 5.78 Å². The van der Waals surface area contributed by atoms with Crippen LogP contribution in [0.4, 0.5) is 13.2 Å². The number of benzene rings is 2. The van der Waals surface area contributed by atoms with Gasteiger partial charge in [-0.05, 0) is 36.6 Å². The van der Waals surface area contributed by atoms with Crippen molar-refractivity contribution in [3.63, 3.8) is 0 Å². The zero-order valence-electron chi connectivity index (χ0n) is 11.6. The molecule has 0 unspecified atom stereocenters. The van der Waals surface area contributed by atoms with Gasteiger partial charge < -0.3 is 0 Å². The summed E-state index contributed by atoms with van der Waals surface area (Å²) < 4.78 is 37.7. The molecule has 0 aliphatic rings. The number of carbonyl (C=O) groups is 1. The van der Waals surface area contributed by atoms with Crippen LogP contribution in [0.5, 0.6) is 0 Å². The van der Waals surface area contributed by atoms with E-state index in [1.54, 1.807) is 31.2 Å². The van der Waals surface area contributed by atoms with Gasteiger partial charge in [0, 0.05) is 12.0 Å². The predicted molar refractivity (Wildman–Crippen MR) is 75.3 cm³/mol. The highest BCUT2D eigenvalue weighted by Crippen LogP contribution is 2.30. The first kappa shape index (κ1) is 15.3. The quantitative estimate of drug-likeness (QED) is 0.738. The van der Waals surface area contributed by atoms with Crippen LogP contribution in [0.15, 0.2) is 48.5 Å². The molecule has 0 atom stereocenters. The molecule has 0 amide bonds. The van der Waals surface area contributed by atoms with Crippen LogP contribution in [0.1, 0.15) is 33.5 Å². The Labute approximate surface area is 121 Å². The van der Waals surface area contributed by atoms with Gasteiger partial charge in [0.15, 0.2) is 5.78 Å². The van der Waals surface area contributed by atoms with Crippen molar-refractivity contribution in [2.45, 2.75) is 25.9 Å². The Morgan fingerprint density at radius 2 is 1.71 bits per heavy atom. The fraction of sp³-hybridized carbons (Fsp3) is 0.235. The molecule has 21 heavy (non-hydrogen) atoms. The Balaban J connectivity index is 2.06. The van der Waals surface area contributed by atoms with Crippen molar-refractivity contribution in [3.8, 4) is 0 Å². The van der Waals surface area contributed by atoms with Crippen LogP contribution >= 0.6 is 0 Å². The molecule has 1 nitrogen and oxygen atoms in total. The van der Waals surface area contributed by atoms with Crippen molar-refractivity contribution in [2.24, 2.45) is 0 Å². The average Bonchev–Trinajstić information content (AvgIpc) is 2.45. The minimum atomic E-state index is -4.33. The summed E-state index contributed by atoms with van der Waals surface area (Å²) in [4.78, 5) is 12.0. The van der Waals surface area contributed by atoms with E-state index >= 15 is 0 Å². The second-order valence-corrected chi connectivity index (χ2v) is 4.93. The van der Waals surface area contributed by atoms with E-state index in [2.05, 4.69) is 0 Å². The van der Waals surface area contributed by atoms with E-state index in [0.29, 0.717) is 17.5 Å². The number of hydrogen-bond donors (Lipinski definition) is 0. The van der Waals surface area contributed by atoms with Gasteiger partial charge in [-0.25, -0.2) is 0 Å². The summed E-state index contributed by atoms with van der Waals surface area (Å²) in [6.07, 6.45) is -3.60. The molecular formula is C17H15F3O. The second-order valence-electron chi connectivity index (χ2n) is 4.93. The van der Waals surface area contributed by atoms with Crippen molar-refractivity contribution < 1.29 is 18.0 Å². The minimum Gasteiger partial charge on any atom is -0.294 e. The smallest absolute Gasteiger partial charge is 0.294 e. The normalized spacial score (nSPS) is 11.4. The summed E-state index contributed by atoms with van der Waals surface area (Å²) in [6, 6.07) is 12.5. The standard InChI is InChI=1S/C17H15F3O/c1-12-11-15(17(18,19)20)9-7-13(12)8-10-16(21)14-5-3-2-4-6-14/h2-7,9,11H,8,10H2,1H3. The first-order chi connectivity index (χ1) is 9.88. The monoisotopic (exact) mass is 292 g/mol. The number of halogens is 3. The third-order valence-electron chi connectivity index (χ3n) is 3.39. The molecule has 0 fully saturated rings. The lowest BCUT2D eigenvalue weighted by Gasteiger charge is -2.11. The average molecular weight is 292 g/mol. The second kappa shape index (κ2) is 6.12. The fourth-order valence-electron chi connectivity index (χ4n) is 2.17. The third kappa shape index (κ3) is 3.94. The maximum atomic E-state index is 12.6. The van der Waals surface area contributed by atoms with Crippen LogP contribution in [0, 0.1) is 6.92 Å². The van der Waals surface area contributed by atoms with E-state index < -0.39 is 11.7 Å². The van der Waals surface area contributed by atoms with Crippen LogP contribution in [-0.2, 0) is 12.6 Å². The summed E-state index contributed by atoms with van der Waals surface area (Å²) in [5.41, 5.74) is 1.30. The van der Waals surface area contributed by atoms with Gasteiger partial charge in [-0.3, -0.25) is 4.79 Å². The van der Waals surface area contributed by atoms with Crippen LogP contribution in [0.25, 0.3) is 0 Å². The maximum absolute atomic E-state index is 12.6. The van der Waals surface area contributed by atoms with Crippen LogP contribution in [0.2, 0.25) is 0 Å². The van der Waals surface area contributed by atoms with Crippen molar-refractivity contribution in [1.29, 1.82) is 0 Å². The van der Waals surface area contributed by atoms with Crippen LogP contribution in [0.3, 0.4) is 0 Å². The number of rotatable bonds is 4. The van der Waals surface area contributed by atoms with E-state index in [9.17, 15) is 18.0 Å². The van der Waals surface area contributed by atoms with E-state index in [-0.39, 0.29) is 12.2 Å². The predicted octanol–water partition coefficient (Wildman–Crippen LogP) is 4.83. The molecule has 4 heteroatoms. The molecule has 0 saturated heterocycles. The molecule has 110 valence electrons. The van der Waals surface area contributed by atoms with E-state index in [1.807, 2.05) is 6.07 Å².